The lowest BCUT2D eigenvalue weighted by molar-refractivity contribution is 0.149. The number of nitrogens with zero attached hydrogens (tertiary/aromatic N) is 2. The van der Waals surface area contributed by atoms with E-state index < -0.39 is 0 Å². The van der Waals surface area contributed by atoms with Crippen LogP contribution in [-0.2, 0) is 0 Å². The van der Waals surface area contributed by atoms with E-state index in [0.29, 0.717) is 17.7 Å². The monoisotopic (exact) mass is 221 g/mol. The Labute approximate surface area is 96.2 Å². The average Bonchev–Trinajstić information content (AvgIpc) is 2.38. The van der Waals surface area contributed by atoms with E-state index in [9.17, 15) is 0 Å². The van der Waals surface area contributed by atoms with Crippen LogP contribution in [0.15, 0.2) is 18.6 Å². The standard InChI is InChI=1S/C12H19N3O/c13-7-10-3-1-2-4-11(10)9-16-12-8-14-5-6-15-12/h5-6,8,10-11H,1-4,7,9,13H2. The molecule has 2 atom stereocenters. The molecule has 2 rings (SSSR count). The number of hydrogen-bond donors (Lipinski definition) is 1. The SMILES string of the molecule is NCC1CCCCC1COc1cnccn1. The van der Waals surface area contributed by atoms with Gasteiger partial charge in [-0.2, -0.15) is 0 Å². The Kier molecular flexibility index (Phi) is 4.10. The number of nitrogens with two attached hydrogens (primary N) is 1. The van der Waals surface area contributed by atoms with Gasteiger partial charge in [-0.25, -0.2) is 4.98 Å². The van der Waals surface area contributed by atoms with Crippen LogP contribution in [0.25, 0.3) is 0 Å². The van der Waals surface area contributed by atoms with Gasteiger partial charge in [0.05, 0.1) is 12.8 Å². The molecule has 2 N–H and O–H groups in total. The molecule has 0 spiro atoms. The van der Waals surface area contributed by atoms with Crippen molar-refractivity contribution in [1.29, 1.82) is 0 Å². The number of ether oxygens (including phenoxy) is 1. The Morgan fingerprint density at radius 3 is 2.75 bits per heavy atom. The fourth-order valence-corrected chi connectivity index (χ4v) is 2.37. The second-order valence-corrected chi connectivity index (χ2v) is 4.39. The summed E-state index contributed by atoms with van der Waals surface area (Å²) in [5.41, 5.74) is 5.78. The van der Waals surface area contributed by atoms with Crippen LogP contribution < -0.4 is 10.5 Å². The molecule has 1 fully saturated rings. The van der Waals surface area contributed by atoms with Gasteiger partial charge in [0, 0.05) is 12.4 Å². The van der Waals surface area contributed by atoms with Crippen LogP contribution in [0.5, 0.6) is 5.88 Å². The van der Waals surface area contributed by atoms with Gasteiger partial charge in [0.1, 0.15) is 0 Å². The van der Waals surface area contributed by atoms with Crippen LogP contribution in [0.2, 0.25) is 0 Å². The molecule has 1 aromatic rings. The van der Waals surface area contributed by atoms with Crippen LogP contribution in [0.3, 0.4) is 0 Å². The second kappa shape index (κ2) is 5.80. The van der Waals surface area contributed by atoms with E-state index in [1.165, 1.54) is 25.7 Å². The number of hydrogen-bond acceptors (Lipinski definition) is 4. The molecule has 4 nitrogen and oxygen atoms in total. The van der Waals surface area contributed by atoms with Gasteiger partial charge in [0.25, 0.3) is 0 Å². The van der Waals surface area contributed by atoms with Gasteiger partial charge in [-0.05, 0) is 31.2 Å². The highest BCUT2D eigenvalue weighted by Gasteiger charge is 2.24. The van der Waals surface area contributed by atoms with E-state index in [1.807, 2.05) is 0 Å². The summed E-state index contributed by atoms with van der Waals surface area (Å²) >= 11 is 0. The van der Waals surface area contributed by atoms with Crippen molar-refractivity contribution >= 4 is 0 Å². The van der Waals surface area contributed by atoms with E-state index in [-0.39, 0.29) is 0 Å². The van der Waals surface area contributed by atoms with Crippen molar-refractivity contribution in [2.24, 2.45) is 17.6 Å². The summed E-state index contributed by atoms with van der Waals surface area (Å²) in [4.78, 5) is 8.07. The topological polar surface area (TPSA) is 61.0 Å². The van der Waals surface area contributed by atoms with Crippen LogP contribution in [0.1, 0.15) is 25.7 Å². The minimum Gasteiger partial charge on any atom is -0.476 e. The third kappa shape index (κ3) is 2.92. The molecule has 0 amide bonds. The molecule has 1 saturated carbocycles. The Bertz CT molecular complexity index is 304. The fraction of sp³-hybridized carbons (Fsp3) is 0.667. The quantitative estimate of drug-likeness (QED) is 0.839. The molecule has 0 aromatic carbocycles. The first-order chi connectivity index (χ1) is 7.90. The molecule has 0 saturated heterocycles. The van der Waals surface area contributed by atoms with Gasteiger partial charge in [-0.15, -0.1) is 0 Å². The summed E-state index contributed by atoms with van der Waals surface area (Å²) in [6, 6.07) is 0. The van der Waals surface area contributed by atoms with E-state index in [1.54, 1.807) is 18.6 Å². The van der Waals surface area contributed by atoms with Gasteiger partial charge in [-0.3, -0.25) is 4.98 Å². The largest absolute Gasteiger partial charge is 0.476 e. The third-order valence-corrected chi connectivity index (χ3v) is 3.35. The molecule has 4 heteroatoms. The summed E-state index contributed by atoms with van der Waals surface area (Å²) in [7, 11) is 0. The lowest BCUT2D eigenvalue weighted by Gasteiger charge is -2.30. The predicted octanol–water partition coefficient (Wildman–Crippen LogP) is 1.62. The normalized spacial score (nSPS) is 25.3. The summed E-state index contributed by atoms with van der Waals surface area (Å²) in [5, 5.41) is 0. The first kappa shape index (κ1) is 11.3. The Balaban J connectivity index is 1.84. The number of rotatable bonds is 4. The van der Waals surface area contributed by atoms with Crippen molar-refractivity contribution in [3.8, 4) is 5.88 Å². The minimum atomic E-state index is 0.584. The van der Waals surface area contributed by atoms with Crippen molar-refractivity contribution in [3.63, 3.8) is 0 Å². The average molecular weight is 221 g/mol. The van der Waals surface area contributed by atoms with Gasteiger partial charge in [-0.1, -0.05) is 12.8 Å². The van der Waals surface area contributed by atoms with Crippen LogP contribution in [-0.4, -0.2) is 23.1 Å². The van der Waals surface area contributed by atoms with Crippen molar-refractivity contribution in [2.75, 3.05) is 13.2 Å². The third-order valence-electron chi connectivity index (χ3n) is 3.35. The molecular weight excluding hydrogens is 202 g/mol. The van der Waals surface area contributed by atoms with Gasteiger partial charge < -0.3 is 10.5 Å². The first-order valence-corrected chi connectivity index (χ1v) is 5.99. The highest BCUT2D eigenvalue weighted by molar-refractivity contribution is 5.01. The van der Waals surface area contributed by atoms with E-state index in [2.05, 4.69) is 9.97 Å². The molecule has 16 heavy (non-hydrogen) atoms. The lowest BCUT2D eigenvalue weighted by atomic mass is 9.80. The Hall–Kier alpha value is -1.16. The van der Waals surface area contributed by atoms with Gasteiger partial charge in [0.15, 0.2) is 0 Å². The highest BCUT2D eigenvalue weighted by atomic mass is 16.5. The molecular formula is C12H19N3O. The predicted molar refractivity (Wildman–Crippen MR) is 62.0 cm³/mol. The Morgan fingerprint density at radius 2 is 2.06 bits per heavy atom. The second-order valence-electron chi connectivity index (χ2n) is 4.39. The summed E-state index contributed by atoms with van der Waals surface area (Å²) < 4.78 is 5.65. The minimum absolute atomic E-state index is 0.584. The van der Waals surface area contributed by atoms with E-state index >= 15 is 0 Å². The maximum absolute atomic E-state index is 5.78. The van der Waals surface area contributed by atoms with E-state index in [0.717, 1.165) is 13.2 Å². The molecule has 0 radical (unpaired) electrons. The zero-order valence-corrected chi connectivity index (χ0v) is 9.51. The maximum Gasteiger partial charge on any atom is 0.232 e. The molecule has 0 bridgehead atoms. The van der Waals surface area contributed by atoms with Crippen molar-refractivity contribution in [2.45, 2.75) is 25.7 Å². The van der Waals surface area contributed by atoms with Crippen molar-refractivity contribution in [1.82, 2.24) is 9.97 Å². The smallest absolute Gasteiger partial charge is 0.232 e. The zero-order chi connectivity index (χ0) is 11.2. The van der Waals surface area contributed by atoms with Gasteiger partial charge >= 0.3 is 0 Å². The molecule has 1 aromatic heterocycles. The first-order valence-electron chi connectivity index (χ1n) is 5.99. The van der Waals surface area contributed by atoms with Crippen molar-refractivity contribution in [3.05, 3.63) is 18.6 Å². The molecule has 2 unspecified atom stereocenters. The zero-order valence-electron chi connectivity index (χ0n) is 9.51. The summed E-state index contributed by atoms with van der Waals surface area (Å²) in [6.07, 6.45) is 10.0. The maximum atomic E-state index is 5.78. The van der Waals surface area contributed by atoms with Gasteiger partial charge in [0.2, 0.25) is 5.88 Å². The molecule has 1 aliphatic carbocycles. The molecule has 1 heterocycles. The highest BCUT2D eigenvalue weighted by Crippen LogP contribution is 2.29. The van der Waals surface area contributed by atoms with Crippen LogP contribution in [0, 0.1) is 11.8 Å². The van der Waals surface area contributed by atoms with Crippen LogP contribution >= 0.6 is 0 Å². The van der Waals surface area contributed by atoms with Crippen LogP contribution in [0.4, 0.5) is 0 Å². The number of aromatic nitrogens is 2. The Morgan fingerprint density at radius 1 is 1.25 bits per heavy atom. The van der Waals surface area contributed by atoms with Crippen molar-refractivity contribution < 1.29 is 4.74 Å². The molecule has 0 aliphatic heterocycles. The molecule has 88 valence electrons. The fourth-order valence-electron chi connectivity index (χ4n) is 2.37. The van der Waals surface area contributed by atoms with E-state index in [4.69, 9.17) is 10.5 Å². The lowest BCUT2D eigenvalue weighted by Crippen LogP contribution is -2.30. The summed E-state index contributed by atoms with van der Waals surface area (Å²) in [5.74, 6) is 1.81. The molecule has 1 aliphatic rings. The summed E-state index contributed by atoms with van der Waals surface area (Å²) in [6.45, 7) is 1.50.